The number of halogens is 1. The summed E-state index contributed by atoms with van der Waals surface area (Å²) >= 11 is 6.19. The topological polar surface area (TPSA) is 55.8 Å². The summed E-state index contributed by atoms with van der Waals surface area (Å²) in [5.41, 5.74) is 1.47. The summed E-state index contributed by atoms with van der Waals surface area (Å²) in [6.07, 6.45) is 0. The van der Waals surface area contributed by atoms with Crippen LogP contribution in [0, 0.1) is 0 Å². The van der Waals surface area contributed by atoms with Gasteiger partial charge in [0.25, 0.3) is 11.8 Å². The van der Waals surface area contributed by atoms with Gasteiger partial charge < -0.3 is 9.47 Å². The Morgan fingerprint density at radius 2 is 1.60 bits per heavy atom. The van der Waals surface area contributed by atoms with Crippen LogP contribution in [0.15, 0.2) is 53.6 Å². The number of imide groups is 1. The van der Waals surface area contributed by atoms with Gasteiger partial charge in [0.15, 0.2) is 0 Å². The van der Waals surface area contributed by atoms with Crippen molar-refractivity contribution in [2.24, 2.45) is 0 Å². The predicted octanol–water partition coefficient (Wildman–Crippen LogP) is 3.22. The lowest BCUT2D eigenvalue weighted by atomic mass is 10.0. The molecule has 0 aromatic heterocycles. The molecule has 128 valence electrons. The second-order valence-electron chi connectivity index (χ2n) is 5.43. The van der Waals surface area contributed by atoms with Gasteiger partial charge in [0, 0.05) is 5.56 Å². The first kappa shape index (κ1) is 17.0. The molecule has 6 heteroatoms. The zero-order valence-corrected chi connectivity index (χ0v) is 14.5. The molecule has 1 aliphatic rings. The fourth-order valence-corrected chi connectivity index (χ4v) is 2.97. The van der Waals surface area contributed by atoms with Gasteiger partial charge in [0.05, 0.1) is 26.3 Å². The van der Waals surface area contributed by atoms with Crippen molar-refractivity contribution in [2.45, 2.75) is 6.54 Å². The zero-order valence-electron chi connectivity index (χ0n) is 13.8. The highest BCUT2D eigenvalue weighted by atomic mass is 35.5. The van der Waals surface area contributed by atoms with Gasteiger partial charge in [-0.05, 0) is 23.8 Å². The summed E-state index contributed by atoms with van der Waals surface area (Å²) in [5, 5.41) is -0.0944. The van der Waals surface area contributed by atoms with Gasteiger partial charge in [-0.15, -0.1) is 0 Å². The molecule has 0 aliphatic carbocycles. The van der Waals surface area contributed by atoms with Crippen LogP contribution in [0.1, 0.15) is 11.1 Å². The van der Waals surface area contributed by atoms with Gasteiger partial charge in [-0.3, -0.25) is 14.5 Å². The smallest absolute Gasteiger partial charge is 0.273 e. The number of hydrogen-bond donors (Lipinski definition) is 0. The number of benzene rings is 2. The molecule has 0 radical (unpaired) electrons. The molecule has 0 saturated carbocycles. The number of amides is 2. The van der Waals surface area contributed by atoms with Crippen molar-refractivity contribution < 1.29 is 19.1 Å². The highest BCUT2D eigenvalue weighted by Gasteiger charge is 2.39. The molecule has 3 rings (SSSR count). The van der Waals surface area contributed by atoms with Crippen LogP contribution in [0.4, 0.5) is 0 Å². The highest BCUT2D eigenvalue weighted by Crippen LogP contribution is 2.36. The SMILES string of the molecule is COc1ccc(CN2C(=O)C(Cl)=C(c3ccccc3OC)C2=O)cc1. The van der Waals surface area contributed by atoms with Gasteiger partial charge in [0.1, 0.15) is 16.5 Å². The molecule has 5 nitrogen and oxygen atoms in total. The average Bonchev–Trinajstić information content (AvgIpc) is 2.85. The molecular formula is C19H16ClNO4. The second kappa shape index (κ2) is 6.99. The lowest BCUT2D eigenvalue weighted by molar-refractivity contribution is -0.137. The van der Waals surface area contributed by atoms with E-state index in [1.807, 2.05) is 0 Å². The summed E-state index contributed by atoms with van der Waals surface area (Å²) in [6.45, 7) is 0.135. The minimum Gasteiger partial charge on any atom is -0.497 e. The van der Waals surface area contributed by atoms with Crippen LogP contribution >= 0.6 is 11.6 Å². The van der Waals surface area contributed by atoms with Crippen LogP contribution in [0.25, 0.3) is 5.57 Å². The van der Waals surface area contributed by atoms with Crippen molar-refractivity contribution in [2.75, 3.05) is 14.2 Å². The number of methoxy groups -OCH3 is 2. The van der Waals surface area contributed by atoms with Crippen LogP contribution in [0.2, 0.25) is 0 Å². The standard InChI is InChI=1S/C19H16ClNO4/c1-24-13-9-7-12(8-10-13)11-21-18(22)16(17(20)19(21)23)14-5-3-4-6-15(14)25-2/h3-10H,11H2,1-2H3. The molecule has 0 unspecified atom stereocenters. The molecule has 2 amide bonds. The normalized spacial score (nSPS) is 14.3. The van der Waals surface area contributed by atoms with E-state index in [4.69, 9.17) is 21.1 Å². The fourth-order valence-electron chi connectivity index (χ4n) is 2.69. The molecule has 0 atom stereocenters. The van der Waals surface area contributed by atoms with E-state index < -0.39 is 11.8 Å². The molecule has 0 fully saturated rings. The molecule has 0 N–H and O–H groups in total. The largest absolute Gasteiger partial charge is 0.497 e. The lowest BCUT2D eigenvalue weighted by Crippen LogP contribution is -2.30. The van der Waals surface area contributed by atoms with Gasteiger partial charge in [-0.2, -0.15) is 0 Å². The first-order valence-electron chi connectivity index (χ1n) is 7.59. The van der Waals surface area contributed by atoms with Crippen molar-refractivity contribution in [3.63, 3.8) is 0 Å². The lowest BCUT2D eigenvalue weighted by Gasteiger charge is -2.15. The molecule has 1 aliphatic heterocycles. The van der Waals surface area contributed by atoms with Crippen LogP contribution in [0.5, 0.6) is 11.5 Å². The number of para-hydroxylation sites is 1. The summed E-state index contributed by atoms with van der Waals surface area (Å²) in [6, 6.07) is 14.1. The van der Waals surface area contributed by atoms with Crippen molar-refractivity contribution in [1.82, 2.24) is 4.90 Å². The maximum Gasteiger partial charge on any atom is 0.273 e. The number of ether oxygens (including phenoxy) is 2. The van der Waals surface area contributed by atoms with Crippen molar-refractivity contribution >= 4 is 29.0 Å². The van der Waals surface area contributed by atoms with E-state index in [0.717, 1.165) is 10.5 Å². The van der Waals surface area contributed by atoms with Crippen molar-refractivity contribution in [1.29, 1.82) is 0 Å². The number of carbonyl (C=O) groups excluding carboxylic acids is 2. The third-order valence-corrected chi connectivity index (χ3v) is 4.34. The number of carbonyl (C=O) groups is 2. The van der Waals surface area contributed by atoms with Crippen LogP contribution < -0.4 is 9.47 Å². The van der Waals surface area contributed by atoms with Crippen molar-refractivity contribution in [3.05, 3.63) is 64.7 Å². The van der Waals surface area contributed by atoms with Gasteiger partial charge in [-0.1, -0.05) is 41.9 Å². The van der Waals surface area contributed by atoms with Gasteiger partial charge >= 0.3 is 0 Å². The van der Waals surface area contributed by atoms with Crippen LogP contribution in [-0.2, 0) is 16.1 Å². The minimum absolute atomic E-state index is 0.0944. The summed E-state index contributed by atoms with van der Waals surface area (Å²) in [7, 11) is 3.08. The first-order chi connectivity index (χ1) is 12.1. The summed E-state index contributed by atoms with van der Waals surface area (Å²) in [4.78, 5) is 26.4. The monoisotopic (exact) mass is 357 g/mol. The third kappa shape index (κ3) is 3.10. The van der Waals surface area contributed by atoms with E-state index in [9.17, 15) is 9.59 Å². The molecule has 0 bridgehead atoms. The Morgan fingerprint density at radius 3 is 2.24 bits per heavy atom. The van der Waals surface area contributed by atoms with Crippen LogP contribution in [-0.4, -0.2) is 30.9 Å². The van der Waals surface area contributed by atoms with Gasteiger partial charge in [-0.25, -0.2) is 0 Å². The molecular weight excluding hydrogens is 342 g/mol. The van der Waals surface area contributed by atoms with E-state index in [-0.39, 0.29) is 17.2 Å². The molecule has 1 heterocycles. The quantitative estimate of drug-likeness (QED) is 0.771. The van der Waals surface area contributed by atoms with E-state index in [2.05, 4.69) is 0 Å². The van der Waals surface area contributed by atoms with Gasteiger partial charge in [0.2, 0.25) is 0 Å². The molecule has 0 saturated heterocycles. The Bertz CT molecular complexity index is 858. The van der Waals surface area contributed by atoms with Crippen molar-refractivity contribution in [3.8, 4) is 11.5 Å². The molecule has 2 aromatic carbocycles. The molecule has 2 aromatic rings. The average molecular weight is 358 g/mol. The van der Waals surface area contributed by atoms with Crippen LogP contribution in [0.3, 0.4) is 0 Å². The number of hydrogen-bond acceptors (Lipinski definition) is 4. The Hall–Kier alpha value is -2.79. The maximum atomic E-state index is 12.8. The van der Waals surface area contributed by atoms with E-state index in [1.54, 1.807) is 55.6 Å². The number of rotatable bonds is 5. The Balaban J connectivity index is 1.90. The highest BCUT2D eigenvalue weighted by molar-refractivity contribution is 6.55. The fraction of sp³-hybridized carbons (Fsp3) is 0.158. The van der Waals surface area contributed by atoms with E-state index >= 15 is 0 Å². The summed E-state index contributed by atoms with van der Waals surface area (Å²) in [5.74, 6) is 0.246. The molecule has 25 heavy (non-hydrogen) atoms. The second-order valence-corrected chi connectivity index (χ2v) is 5.81. The third-order valence-electron chi connectivity index (χ3n) is 3.99. The Kier molecular flexibility index (Phi) is 4.76. The first-order valence-corrected chi connectivity index (χ1v) is 7.97. The predicted molar refractivity (Wildman–Crippen MR) is 94.3 cm³/mol. The minimum atomic E-state index is -0.511. The summed E-state index contributed by atoms with van der Waals surface area (Å²) < 4.78 is 10.4. The Morgan fingerprint density at radius 1 is 0.920 bits per heavy atom. The van der Waals surface area contributed by atoms with E-state index in [1.165, 1.54) is 7.11 Å². The van der Waals surface area contributed by atoms with E-state index in [0.29, 0.717) is 17.1 Å². The molecule has 0 spiro atoms. The maximum absolute atomic E-state index is 12.8. The number of nitrogens with zero attached hydrogens (tertiary/aromatic N) is 1. The Labute approximate surface area is 150 Å². The zero-order chi connectivity index (χ0) is 18.0.